The van der Waals surface area contributed by atoms with E-state index < -0.39 is 0 Å². The summed E-state index contributed by atoms with van der Waals surface area (Å²) < 4.78 is 22.6. The number of ether oxygens (including phenoxy) is 4. The van der Waals surface area contributed by atoms with Gasteiger partial charge in [-0.2, -0.15) is 0 Å². The van der Waals surface area contributed by atoms with Gasteiger partial charge in [-0.1, -0.05) is 72.8 Å². The maximum atomic E-state index is 5.81. The van der Waals surface area contributed by atoms with Gasteiger partial charge >= 0.3 is 0 Å². The summed E-state index contributed by atoms with van der Waals surface area (Å²) in [6, 6.07) is 62.2. The molecule has 0 bridgehead atoms. The molecule has 0 aliphatic carbocycles. The number of rotatable bonds is 12. The molecular weight excluding hydrogens is 741 g/mol. The van der Waals surface area contributed by atoms with Crippen molar-refractivity contribution in [2.45, 2.75) is 0 Å². The lowest BCUT2D eigenvalue weighted by Gasteiger charge is -2.22. The van der Waals surface area contributed by atoms with E-state index in [1.54, 1.807) is 28.4 Å². The van der Waals surface area contributed by atoms with Gasteiger partial charge in [0.15, 0.2) is 11.0 Å². The predicted octanol–water partition coefficient (Wildman–Crippen LogP) is 12.2. The predicted molar refractivity (Wildman–Crippen MR) is 241 cm³/mol. The number of nitrogens with zero attached hydrogens (tertiary/aromatic N) is 2. The zero-order valence-electron chi connectivity index (χ0n) is 33.8. The standard InChI is InChI=1S/C54H42N2O4/c1-57-41-27-19-35(20-28-41)47(36-21-29-42(58-2)30-22-36)49-45-17-11-12-18-46(45)50(48(37-23-31-43(59-3)32-24-37)38-25-33-44(60-4)34-26-38)54-53(49)55-51(39-13-7-5-8-14-39)52(56-54)40-15-9-6-10-16-40/h5-34H,1-4H3/q+2. The van der Waals surface area contributed by atoms with Gasteiger partial charge in [0.1, 0.15) is 45.5 Å². The van der Waals surface area contributed by atoms with Crippen LogP contribution in [0.5, 0.6) is 23.0 Å². The first-order valence-electron chi connectivity index (χ1n) is 19.8. The molecule has 6 heteroatoms. The second-order valence-corrected chi connectivity index (χ2v) is 14.3. The van der Waals surface area contributed by atoms with Crippen LogP contribution in [0.2, 0.25) is 0 Å². The maximum Gasteiger partial charge on any atom is 0.169 e. The van der Waals surface area contributed by atoms with E-state index in [1.807, 2.05) is 84.9 Å². The van der Waals surface area contributed by atoms with Crippen LogP contribution in [0.3, 0.4) is 0 Å². The minimum absolute atomic E-state index is 0.767. The molecule has 0 amide bonds. The Labute approximate surface area is 350 Å². The average molecular weight is 783 g/mol. The van der Waals surface area contributed by atoms with Crippen molar-refractivity contribution in [3.05, 3.63) is 227 Å². The second kappa shape index (κ2) is 16.6. The zero-order chi connectivity index (χ0) is 41.0. The van der Waals surface area contributed by atoms with Crippen LogP contribution in [0, 0.1) is 11.8 Å². The third-order valence-electron chi connectivity index (χ3n) is 10.9. The van der Waals surface area contributed by atoms with E-state index in [0.29, 0.717) is 0 Å². The van der Waals surface area contributed by atoms with Crippen LogP contribution >= 0.6 is 0 Å². The van der Waals surface area contributed by atoms with Gasteiger partial charge in [0.05, 0.1) is 73.3 Å². The Balaban J connectivity index is 1.47. The van der Waals surface area contributed by atoms with Gasteiger partial charge in [-0.25, -0.2) is 9.97 Å². The molecule has 9 rings (SSSR count). The molecule has 0 radical (unpaired) electrons. The molecule has 0 aliphatic rings. The quantitative estimate of drug-likeness (QED) is 0.0699. The van der Waals surface area contributed by atoms with Crippen molar-refractivity contribution in [1.29, 1.82) is 0 Å². The van der Waals surface area contributed by atoms with Crippen molar-refractivity contribution < 1.29 is 18.9 Å². The summed E-state index contributed by atoms with van der Waals surface area (Å²) >= 11 is 0. The summed E-state index contributed by atoms with van der Waals surface area (Å²) in [6.45, 7) is 0. The number of hydrogen-bond donors (Lipinski definition) is 0. The number of fused-ring (bicyclic) bond motifs is 2. The molecule has 0 saturated heterocycles. The first-order chi connectivity index (χ1) is 29.6. The highest BCUT2D eigenvalue weighted by Gasteiger charge is 2.37. The fraction of sp³-hybridized carbons (Fsp3) is 0.0741. The van der Waals surface area contributed by atoms with Crippen LogP contribution in [0.15, 0.2) is 182 Å². The Hall–Kier alpha value is -7.70. The Bertz CT molecular complexity index is 2580. The van der Waals surface area contributed by atoms with Gasteiger partial charge < -0.3 is 18.9 Å². The van der Waals surface area contributed by atoms with E-state index >= 15 is 0 Å². The second-order valence-electron chi connectivity index (χ2n) is 14.3. The van der Waals surface area contributed by atoms with Crippen molar-refractivity contribution in [3.63, 3.8) is 0 Å². The zero-order valence-corrected chi connectivity index (χ0v) is 33.8. The van der Waals surface area contributed by atoms with Gasteiger partial charge in [0.25, 0.3) is 0 Å². The molecule has 290 valence electrons. The highest BCUT2D eigenvalue weighted by Crippen LogP contribution is 2.47. The van der Waals surface area contributed by atoms with Crippen LogP contribution in [-0.4, -0.2) is 38.4 Å². The molecule has 0 atom stereocenters. The Kier molecular flexibility index (Phi) is 10.5. The fourth-order valence-electron chi connectivity index (χ4n) is 8.00. The van der Waals surface area contributed by atoms with Gasteiger partial charge in [-0.3, -0.25) is 0 Å². The lowest BCUT2D eigenvalue weighted by molar-refractivity contribution is 0.414. The van der Waals surface area contributed by atoms with Gasteiger partial charge in [0.2, 0.25) is 0 Å². The van der Waals surface area contributed by atoms with Crippen LogP contribution in [0.1, 0.15) is 33.4 Å². The minimum atomic E-state index is 0.767. The first-order valence-corrected chi connectivity index (χ1v) is 19.8. The number of hydrogen-bond acceptors (Lipinski definition) is 6. The van der Waals surface area contributed by atoms with Crippen molar-refractivity contribution in [2.75, 3.05) is 28.4 Å². The van der Waals surface area contributed by atoms with E-state index in [4.69, 9.17) is 28.9 Å². The summed E-state index contributed by atoms with van der Waals surface area (Å²) in [5.74, 6) is 5.10. The summed E-state index contributed by atoms with van der Waals surface area (Å²) in [6.07, 6.45) is 0. The Morgan fingerprint density at radius 1 is 0.317 bits per heavy atom. The smallest absolute Gasteiger partial charge is 0.169 e. The molecule has 1 aromatic heterocycles. The fourth-order valence-corrected chi connectivity index (χ4v) is 8.00. The highest BCUT2D eigenvalue weighted by molar-refractivity contribution is 6.09. The summed E-state index contributed by atoms with van der Waals surface area (Å²) in [7, 11) is 6.75. The molecule has 0 fully saturated rings. The van der Waals surface area contributed by atoms with Gasteiger partial charge in [-0.15, -0.1) is 0 Å². The third-order valence-corrected chi connectivity index (χ3v) is 10.9. The average Bonchev–Trinajstić information content (AvgIpc) is 3.33. The van der Waals surface area contributed by atoms with Crippen LogP contribution in [-0.2, 0) is 0 Å². The van der Waals surface area contributed by atoms with Crippen molar-refractivity contribution in [3.8, 4) is 45.5 Å². The molecule has 0 unspecified atom stereocenters. The maximum absolute atomic E-state index is 5.81. The number of methoxy groups -OCH3 is 4. The summed E-state index contributed by atoms with van der Waals surface area (Å²) in [5, 5.41) is 2.06. The number of benzene rings is 8. The molecule has 0 aliphatic heterocycles. The van der Waals surface area contributed by atoms with Gasteiger partial charge in [-0.05, 0) is 60.7 Å². The lowest BCUT2D eigenvalue weighted by Crippen LogP contribution is -2.13. The molecule has 0 N–H and O–H groups in total. The largest absolute Gasteiger partial charge is 0.496 e. The monoisotopic (exact) mass is 782 g/mol. The minimum Gasteiger partial charge on any atom is -0.496 e. The lowest BCUT2D eigenvalue weighted by atomic mass is 9.77. The van der Waals surface area contributed by atoms with Gasteiger partial charge in [0, 0.05) is 59.7 Å². The van der Waals surface area contributed by atoms with Crippen LogP contribution in [0.4, 0.5) is 0 Å². The third kappa shape index (κ3) is 7.09. The van der Waals surface area contributed by atoms with Crippen molar-refractivity contribution in [1.82, 2.24) is 9.97 Å². The van der Waals surface area contributed by atoms with E-state index in [1.165, 1.54) is 0 Å². The summed E-state index contributed by atoms with van der Waals surface area (Å²) in [4.78, 5) is 11.6. The van der Waals surface area contributed by atoms with E-state index in [9.17, 15) is 0 Å². The van der Waals surface area contributed by atoms with E-state index in [0.717, 1.165) is 113 Å². The van der Waals surface area contributed by atoms with Crippen LogP contribution < -0.4 is 18.9 Å². The SMILES string of the molecule is COc1ccc([C+](c2ccc(OC)cc2)c2c3ccccc3c([C+](c3ccc(OC)cc3)c3ccc(OC)cc3)c3nc(-c4ccccc4)c(-c4ccccc4)nc23)cc1. The molecule has 9 aromatic rings. The summed E-state index contributed by atoms with van der Waals surface area (Å²) in [5.41, 5.74) is 11.0. The molecule has 60 heavy (non-hydrogen) atoms. The first kappa shape index (κ1) is 37.9. The van der Waals surface area contributed by atoms with E-state index in [-0.39, 0.29) is 0 Å². The highest BCUT2D eigenvalue weighted by atomic mass is 16.5. The van der Waals surface area contributed by atoms with Crippen molar-refractivity contribution >= 4 is 21.8 Å². The Morgan fingerprint density at radius 3 is 0.850 bits per heavy atom. The Morgan fingerprint density at radius 2 is 0.583 bits per heavy atom. The van der Waals surface area contributed by atoms with Crippen LogP contribution in [0.25, 0.3) is 44.3 Å². The molecule has 1 heterocycles. The number of aromatic nitrogens is 2. The molecular formula is C54H42N2O4+2. The molecule has 6 nitrogen and oxygen atoms in total. The topological polar surface area (TPSA) is 62.7 Å². The molecule has 0 saturated carbocycles. The molecule has 8 aromatic carbocycles. The normalized spacial score (nSPS) is 11.0. The van der Waals surface area contributed by atoms with Crippen molar-refractivity contribution in [2.24, 2.45) is 0 Å². The molecule has 0 spiro atoms. The van der Waals surface area contributed by atoms with E-state index in [2.05, 4.69) is 97.1 Å².